The number of aldehydes is 1. The molecule has 0 aromatic heterocycles. The summed E-state index contributed by atoms with van der Waals surface area (Å²) in [6.07, 6.45) is 0.873. The Hall–Kier alpha value is -2.53. The second-order valence-corrected chi connectivity index (χ2v) is 7.41. The Morgan fingerprint density at radius 2 is 1.44 bits per heavy atom. The first-order chi connectivity index (χ1) is 16.7. The summed E-state index contributed by atoms with van der Waals surface area (Å²) >= 11 is 0. The SMILES string of the molecule is C=C(NCCOCCOCCN)c1cccc2c(NCCOCCOCCN)ccc(C=O)c12. The molecule has 9 nitrogen and oxygen atoms in total. The van der Waals surface area contributed by atoms with Crippen LogP contribution in [-0.2, 0) is 18.9 Å². The van der Waals surface area contributed by atoms with Crippen molar-refractivity contribution in [1.29, 1.82) is 0 Å². The van der Waals surface area contributed by atoms with Crippen LogP contribution in [0, 0.1) is 0 Å². The van der Waals surface area contributed by atoms with Gasteiger partial charge in [0.25, 0.3) is 0 Å². The zero-order valence-corrected chi connectivity index (χ0v) is 19.9. The maximum atomic E-state index is 11.8. The maximum Gasteiger partial charge on any atom is 0.150 e. The second kappa shape index (κ2) is 17.0. The van der Waals surface area contributed by atoms with E-state index in [4.69, 9.17) is 30.4 Å². The zero-order valence-electron chi connectivity index (χ0n) is 19.9. The Labute approximate surface area is 201 Å². The van der Waals surface area contributed by atoms with Crippen LogP contribution in [0.4, 0.5) is 5.69 Å². The summed E-state index contributed by atoms with van der Waals surface area (Å²) in [6.45, 7) is 10.6. The number of nitrogens with one attached hydrogen (secondary N) is 2. The Kier molecular flexibility index (Phi) is 13.8. The molecule has 2 aromatic rings. The molecule has 188 valence electrons. The highest BCUT2D eigenvalue weighted by Crippen LogP contribution is 2.31. The lowest BCUT2D eigenvalue weighted by Crippen LogP contribution is -2.20. The minimum atomic E-state index is 0.505. The third-order valence-corrected chi connectivity index (χ3v) is 4.94. The molecule has 0 amide bonds. The van der Waals surface area contributed by atoms with Gasteiger partial charge in [0.2, 0.25) is 0 Å². The highest BCUT2D eigenvalue weighted by Gasteiger charge is 2.12. The van der Waals surface area contributed by atoms with Crippen LogP contribution in [0.25, 0.3) is 16.5 Å². The van der Waals surface area contributed by atoms with E-state index in [1.54, 1.807) is 0 Å². The van der Waals surface area contributed by atoms with Crippen LogP contribution in [0.5, 0.6) is 0 Å². The van der Waals surface area contributed by atoms with E-state index in [0.717, 1.165) is 34.0 Å². The molecular weight excluding hydrogens is 436 g/mol. The monoisotopic (exact) mass is 474 g/mol. The molecule has 0 atom stereocenters. The van der Waals surface area contributed by atoms with Crippen LogP contribution >= 0.6 is 0 Å². The van der Waals surface area contributed by atoms with E-state index in [0.29, 0.717) is 84.6 Å². The molecule has 0 radical (unpaired) electrons. The topological polar surface area (TPSA) is 130 Å². The molecule has 0 bridgehead atoms. The Morgan fingerprint density at radius 3 is 2.06 bits per heavy atom. The fourth-order valence-electron chi connectivity index (χ4n) is 3.38. The first-order valence-corrected chi connectivity index (χ1v) is 11.6. The van der Waals surface area contributed by atoms with Gasteiger partial charge in [0.1, 0.15) is 0 Å². The third kappa shape index (κ3) is 9.38. The van der Waals surface area contributed by atoms with Gasteiger partial charge in [-0.2, -0.15) is 0 Å². The molecule has 0 aliphatic carbocycles. The summed E-state index contributed by atoms with van der Waals surface area (Å²) in [7, 11) is 0. The molecule has 2 aromatic carbocycles. The van der Waals surface area contributed by atoms with Crippen molar-refractivity contribution in [1.82, 2.24) is 5.32 Å². The van der Waals surface area contributed by atoms with E-state index in [-0.39, 0.29) is 0 Å². The average molecular weight is 475 g/mol. The lowest BCUT2D eigenvalue weighted by Gasteiger charge is -2.17. The number of ether oxygens (including phenoxy) is 4. The molecule has 0 unspecified atom stereocenters. The minimum absolute atomic E-state index is 0.505. The summed E-state index contributed by atoms with van der Waals surface area (Å²) in [5.41, 5.74) is 13.9. The number of nitrogens with two attached hydrogens (primary N) is 2. The van der Waals surface area contributed by atoms with Crippen molar-refractivity contribution in [3.8, 4) is 0 Å². The summed E-state index contributed by atoms with van der Waals surface area (Å²) in [4.78, 5) is 11.8. The number of hydrogen-bond acceptors (Lipinski definition) is 9. The highest BCUT2D eigenvalue weighted by molar-refractivity contribution is 6.08. The van der Waals surface area contributed by atoms with E-state index in [2.05, 4.69) is 17.2 Å². The predicted molar refractivity (Wildman–Crippen MR) is 136 cm³/mol. The normalized spacial score (nSPS) is 11.0. The Balaban J connectivity index is 1.93. The van der Waals surface area contributed by atoms with Crippen molar-refractivity contribution in [2.75, 3.05) is 84.4 Å². The summed E-state index contributed by atoms with van der Waals surface area (Å²) in [6, 6.07) is 9.64. The lowest BCUT2D eigenvalue weighted by molar-refractivity contribution is 0.0527. The van der Waals surface area contributed by atoms with Gasteiger partial charge in [-0.25, -0.2) is 0 Å². The molecule has 34 heavy (non-hydrogen) atoms. The predicted octanol–water partition coefficient (Wildman–Crippen LogP) is 1.61. The fraction of sp³-hybridized carbons (Fsp3) is 0.480. The maximum absolute atomic E-state index is 11.8. The quantitative estimate of drug-likeness (QED) is 0.167. The number of carbonyl (C=O) groups is 1. The van der Waals surface area contributed by atoms with Gasteiger partial charge in [-0.05, 0) is 12.1 Å². The number of benzene rings is 2. The first kappa shape index (κ1) is 27.7. The summed E-state index contributed by atoms with van der Waals surface area (Å²) in [5, 5.41) is 8.49. The molecular formula is C25H38N4O5. The van der Waals surface area contributed by atoms with Crippen molar-refractivity contribution < 1.29 is 23.7 Å². The number of carbonyl (C=O) groups excluding carboxylic acids is 1. The number of hydrogen-bond donors (Lipinski definition) is 4. The molecule has 0 fully saturated rings. The van der Waals surface area contributed by atoms with E-state index in [1.165, 1.54) is 0 Å². The minimum Gasteiger partial charge on any atom is -0.383 e. The largest absolute Gasteiger partial charge is 0.383 e. The molecule has 0 spiro atoms. The van der Waals surface area contributed by atoms with Gasteiger partial charge in [-0.1, -0.05) is 24.8 Å². The molecule has 9 heteroatoms. The summed E-state index contributed by atoms with van der Waals surface area (Å²) < 4.78 is 21.7. The molecule has 0 aliphatic rings. The van der Waals surface area contributed by atoms with Crippen LogP contribution < -0.4 is 22.1 Å². The van der Waals surface area contributed by atoms with E-state index in [1.807, 2.05) is 30.3 Å². The van der Waals surface area contributed by atoms with Gasteiger partial charge in [-0.3, -0.25) is 4.79 Å². The lowest BCUT2D eigenvalue weighted by atomic mass is 9.96. The van der Waals surface area contributed by atoms with E-state index in [9.17, 15) is 4.79 Å². The summed E-state index contributed by atoms with van der Waals surface area (Å²) in [5.74, 6) is 0. The molecule has 0 saturated heterocycles. The van der Waals surface area contributed by atoms with Gasteiger partial charge >= 0.3 is 0 Å². The van der Waals surface area contributed by atoms with Crippen LogP contribution in [0.15, 0.2) is 36.9 Å². The zero-order chi connectivity index (χ0) is 24.4. The van der Waals surface area contributed by atoms with Gasteiger partial charge < -0.3 is 41.0 Å². The fourth-order valence-corrected chi connectivity index (χ4v) is 3.38. The molecule has 6 N–H and O–H groups in total. The first-order valence-electron chi connectivity index (χ1n) is 11.6. The smallest absolute Gasteiger partial charge is 0.150 e. The highest BCUT2D eigenvalue weighted by atomic mass is 16.5. The average Bonchev–Trinajstić information content (AvgIpc) is 2.86. The number of fused-ring (bicyclic) bond motifs is 1. The molecule has 0 saturated carbocycles. The van der Waals surface area contributed by atoms with Gasteiger partial charge in [0, 0.05) is 59.5 Å². The van der Waals surface area contributed by atoms with Crippen LogP contribution in [0.2, 0.25) is 0 Å². The van der Waals surface area contributed by atoms with Gasteiger partial charge in [0.05, 0.1) is 52.9 Å². The van der Waals surface area contributed by atoms with Crippen molar-refractivity contribution in [3.05, 3.63) is 48.0 Å². The van der Waals surface area contributed by atoms with Crippen molar-refractivity contribution in [3.63, 3.8) is 0 Å². The van der Waals surface area contributed by atoms with E-state index >= 15 is 0 Å². The number of rotatable bonds is 20. The van der Waals surface area contributed by atoms with Crippen molar-refractivity contribution in [2.24, 2.45) is 11.5 Å². The van der Waals surface area contributed by atoms with Crippen molar-refractivity contribution >= 4 is 28.4 Å². The Bertz CT molecular complexity index is 878. The standard InChI is InChI=1S/C25H38N4O5/c1-20(28-9-13-33-17-15-31-11-7-26)22-3-2-4-23-24(6-5-21(19-30)25(22)23)29-10-14-34-18-16-32-12-8-27/h2-6,19,28-29H,1,7-18,26-27H2. The van der Waals surface area contributed by atoms with Crippen LogP contribution in [0.3, 0.4) is 0 Å². The van der Waals surface area contributed by atoms with E-state index < -0.39 is 0 Å². The van der Waals surface area contributed by atoms with Crippen LogP contribution in [0.1, 0.15) is 15.9 Å². The number of anilines is 1. The van der Waals surface area contributed by atoms with Gasteiger partial charge in [-0.15, -0.1) is 0 Å². The van der Waals surface area contributed by atoms with Gasteiger partial charge in [0.15, 0.2) is 6.29 Å². The second-order valence-electron chi connectivity index (χ2n) is 7.41. The molecule has 0 aliphatic heterocycles. The molecule has 2 rings (SSSR count). The molecule has 0 heterocycles. The van der Waals surface area contributed by atoms with Crippen molar-refractivity contribution in [2.45, 2.75) is 0 Å². The third-order valence-electron chi connectivity index (χ3n) is 4.94. The van der Waals surface area contributed by atoms with Crippen LogP contribution in [-0.4, -0.2) is 85.3 Å². The Morgan fingerprint density at radius 1 is 0.824 bits per heavy atom.